The maximum absolute atomic E-state index is 11.2. The Hall–Kier alpha value is -1.22. The number of hydrogen-bond donors (Lipinski definition) is 1. The Morgan fingerprint density at radius 1 is 1.67 bits per heavy atom. The number of nitrogens with one attached hydrogen (secondary N) is 1. The summed E-state index contributed by atoms with van der Waals surface area (Å²) in [5.74, 6) is -0.0734. The third-order valence-corrected chi connectivity index (χ3v) is 2.97. The lowest BCUT2D eigenvalue weighted by Crippen LogP contribution is -2.10. The van der Waals surface area contributed by atoms with Crippen molar-refractivity contribution in [2.45, 2.75) is 12.3 Å². The SMILES string of the molecule is COC(=O)C[C@H]1CNc2cccc(Cl)c21. The molecule has 0 saturated heterocycles. The van der Waals surface area contributed by atoms with Crippen LogP contribution in [0.15, 0.2) is 18.2 Å². The number of fused-ring (bicyclic) bond motifs is 1. The van der Waals surface area contributed by atoms with Gasteiger partial charge in [0, 0.05) is 23.2 Å². The van der Waals surface area contributed by atoms with Crippen LogP contribution in [0.5, 0.6) is 0 Å². The molecule has 4 heteroatoms. The number of carbonyl (C=O) groups is 1. The van der Waals surface area contributed by atoms with Gasteiger partial charge in [-0.2, -0.15) is 0 Å². The Bertz CT molecular complexity index is 392. The van der Waals surface area contributed by atoms with Crippen molar-refractivity contribution in [3.8, 4) is 0 Å². The number of halogens is 1. The molecule has 0 spiro atoms. The molecule has 1 aromatic carbocycles. The first kappa shape index (κ1) is 10.3. The van der Waals surface area contributed by atoms with Gasteiger partial charge >= 0.3 is 5.97 Å². The van der Waals surface area contributed by atoms with E-state index in [0.29, 0.717) is 11.4 Å². The van der Waals surface area contributed by atoms with Gasteiger partial charge in [-0.1, -0.05) is 17.7 Å². The topological polar surface area (TPSA) is 38.3 Å². The Balaban J connectivity index is 2.24. The summed E-state index contributed by atoms with van der Waals surface area (Å²) in [5.41, 5.74) is 2.06. The summed E-state index contributed by atoms with van der Waals surface area (Å²) >= 11 is 6.10. The van der Waals surface area contributed by atoms with E-state index in [0.717, 1.165) is 17.8 Å². The van der Waals surface area contributed by atoms with Crippen LogP contribution in [0.1, 0.15) is 17.9 Å². The molecule has 15 heavy (non-hydrogen) atoms. The molecule has 80 valence electrons. The van der Waals surface area contributed by atoms with E-state index in [2.05, 4.69) is 10.1 Å². The van der Waals surface area contributed by atoms with Gasteiger partial charge in [-0.25, -0.2) is 0 Å². The van der Waals surface area contributed by atoms with E-state index >= 15 is 0 Å². The highest BCUT2D eigenvalue weighted by Gasteiger charge is 2.26. The summed E-state index contributed by atoms with van der Waals surface area (Å²) in [6.07, 6.45) is 0.375. The molecule has 1 aromatic rings. The van der Waals surface area contributed by atoms with Crippen molar-refractivity contribution < 1.29 is 9.53 Å². The fourth-order valence-corrected chi connectivity index (χ4v) is 2.23. The van der Waals surface area contributed by atoms with E-state index in [1.807, 2.05) is 18.2 Å². The Morgan fingerprint density at radius 3 is 3.20 bits per heavy atom. The van der Waals surface area contributed by atoms with Crippen LogP contribution >= 0.6 is 11.6 Å². The third kappa shape index (κ3) is 1.92. The number of methoxy groups -OCH3 is 1. The van der Waals surface area contributed by atoms with Crippen molar-refractivity contribution in [2.24, 2.45) is 0 Å². The Kier molecular flexibility index (Phi) is 2.82. The molecule has 0 radical (unpaired) electrons. The lowest BCUT2D eigenvalue weighted by Gasteiger charge is -2.09. The zero-order valence-corrected chi connectivity index (χ0v) is 9.17. The maximum Gasteiger partial charge on any atom is 0.306 e. The Morgan fingerprint density at radius 2 is 2.47 bits per heavy atom. The molecule has 1 heterocycles. The van der Waals surface area contributed by atoms with Crippen LogP contribution in [0.25, 0.3) is 0 Å². The predicted octanol–water partition coefficient (Wildman–Crippen LogP) is 2.41. The zero-order valence-electron chi connectivity index (χ0n) is 8.42. The number of hydrogen-bond acceptors (Lipinski definition) is 3. The second-order valence-electron chi connectivity index (χ2n) is 3.56. The number of esters is 1. The summed E-state index contributed by atoms with van der Waals surface area (Å²) in [6, 6.07) is 5.71. The molecule has 0 aromatic heterocycles. The minimum atomic E-state index is -0.199. The van der Waals surface area contributed by atoms with Crippen molar-refractivity contribution in [3.05, 3.63) is 28.8 Å². The number of ether oxygens (including phenoxy) is 1. The lowest BCUT2D eigenvalue weighted by molar-refractivity contribution is -0.140. The van der Waals surface area contributed by atoms with Gasteiger partial charge in [-0.05, 0) is 17.7 Å². The largest absolute Gasteiger partial charge is 0.469 e. The zero-order chi connectivity index (χ0) is 10.8. The van der Waals surface area contributed by atoms with Gasteiger partial charge in [-0.15, -0.1) is 0 Å². The fraction of sp³-hybridized carbons (Fsp3) is 0.364. The van der Waals surface area contributed by atoms with E-state index in [1.165, 1.54) is 7.11 Å². The van der Waals surface area contributed by atoms with Crippen molar-refractivity contribution in [1.29, 1.82) is 0 Å². The molecule has 0 amide bonds. The summed E-state index contributed by atoms with van der Waals surface area (Å²) in [6.45, 7) is 0.744. The van der Waals surface area contributed by atoms with Crippen molar-refractivity contribution in [3.63, 3.8) is 0 Å². The average Bonchev–Trinajstić information content (AvgIpc) is 2.63. The number of benzene rings is 1. The molecule has 0 unspecified atom stereocenters. The number of carbonyl (C=O) groups excluding carboxylic acids is 1. The highest BCUT2D eigenvalue weighted by molar-refractivity contribution is 6.32. The second kappa shape index (κ2) is 4.11. The van der Waals surface area contributed by atoms with Crippen LogP contribution in [-0.4, -0.2) is 19.6 Å². The van der Waals surface area contributed by atoms with Gasteiger partial charge in [0.25, 0.3) is 0 Å². The smallest absolute Gasteiger partial charge is 0.306 e. The molecule has 0 bridgehead atoms. The van der Waals surface area contributed by atoms with Crippen molar-refractivity contribution in [2.75, 3.05) is 19.0 Å². The van der Waals surface area contributed by atoms with Crippen LogP contribution in [0, 0.1) is 0 Å². The highest BCUT2D eigenvalue weighted by Crippen LogP contribution is 2.38. The molecular weight excluding hydrogens is 214 g/mol. The molecule has 1 aliphatic rings. The van der Waals surface area contributed by atoms with E-state index in [4.69, 9.17) is 11.6 Å². The van der Waals surface area contributed by atoms with Gasteiger partial charge < -0.3 is 10.1 Å². The van der Waals surface area contributed by atoms with Crippen molar-refractivity contribution >= 4 is 23.3 Å². The van der Waals surface area contributed by atoms with Crippen LogP contribution < -0.4 is 5.32 Å². The molecule has 3 nitrogen and oxygen atoms in total. The second-order valence-corrected chi connectivity index (χ2v) is 3.97. The monoisotopic (exact) mass is 225 g/mol. The van der Waals surface area contributed by atoms with E-state index < -0.39 is 0 Å². The molecular formula is C11H12ClNO2. The summed E-state index contributed by atoms with van der Waals surface area (Å²) < 4.78 is 4.66. The minimum absolute atomic E-state index is 0.126. The summed E-state index contributed by atoms with van der Waals surface area (Å²) in [5, 5.41) is 3.94. The maximum atomic E-state index is 11.2. The normalized spacial score (nSPS) is 18.1. The van der Waals surface area contributed by atoms with Crippen LogP contribution in [0.4, 0.5) is 5.69 Å². The number of anilines is 1. The highest BCUT2D eigenvalue weighted by atomic mass is 35.5. The van der Waals surface area contributed by atoms with E-state index in [9.17, 15) is 4.79 Å². The number of rotatable bonds is 2. The molecule has 1 aliphatic heterocycles. The van der Waals surface area contributed by atoms with Crippen LogP contribution in [0.2, 0.25) is 5.02 Å². The van der Waals surface area contributed by atoms with Crippen LogP contribution in [0.3, 0.4) is 0 Å². The van der Waals surface area contributed by atoms with Gasteiger partial charge in [-0.3, -0.25) is 4.79 Å². The predicted molar refractivity (Wildman–Crippen MR) is 59.3 cm³/mol. The minimum Gasteiger partial charge on any atom is -0.469 e. The van der Waals surface area contributed by atoms with Gasteiger partial charge in [0.15, 0.2) is 0 Å². The molecule has 0 saturated carbocycles. The first-order valence-corrected chi connectivity index (χ1v) is 5.19. The lowest BCUT2D eigenvalue weighted by atomic mass is 9.98. The van der Waals surface area contributed by atoms with Gasteiger partial charge in [0.2, 0.25) is 0 Å². The fourth-order valence-electron chi connectivity index (χ4n) is 1.90. The van der Waals surface area contributed by atoms with Crippen molar-refractivity contribution in [1.82, 2.24) is 0 Å². The first-order chi connectivity index (χ1) is 7.22. The first-order valence-electron chi connectivity index (χ1n) is 4.81. The van der Waals surface area contributed by atoms with E-state index in [-0.39, 0.29) is 11.9 Å². The third-order valence-electron chi connectivity index (χ3n) is 2.64. The molecule has 2 rings (SSSR count). The molecule has 1 atom stereocenters. The van der Waals surface area contributed by atoms with Gasteiger partial charge in [0.1, 0.15) is 0 Å². The molecule has 1 N–H and O–H groups in total. The molecule has 0 aliphatic carbocycles. The molecule has 0 fully saturated rings. The van der Waals surface area contributed by atoms with E-state index in [1.54, 1.807) is 0 Å². The summed E-state index contributed by atoms with van der Waals surface area (Å²) in [4.78, 5) is 11.2. The van der Waals surface area contributed by atoms with Crippen LogP contribution in [-0.2, 0) is 9.53 Å². The standard InChI is InChI=1S/C11H12ClNO2/c1-15-10(14)5-7-6-13-9-4-2-3-8(12)11(7)9/h2-4,7,13H,5-6H2,1H3/t7-/m0/s1. The average molecular weight is 226 g/mol. The Labute approximate surface area is 93.4 Å². The quantitative estimate of drug-likeness (QED) is 0.786. The van der Waals surface area contributed by atoms with Gasteiger partial charge in [0.05, 0.1) is 13.5 Å². The summed E-state index contributed by atoms with van der Waals surface area (Å²) in [7, 11) is 1.40.